The second-order valence-corrected chi connectivity index (χ2v) is 5.98. The molecular weight excluding hydrogens is 306 g/mol. The number of carbonyl (C=O) groups is 1. The van der Waals surface area contributed by atoms with Crippen LogP contribution in [0.5, 0.6) is 5.88 Å². The molecule has 0 aliphatic carbocycles. The van der Waals surface area contributed by atoms with Crippen molar-refractivity contribution in [3.05, 3.63) is 53.7 Å². The molecule has 0 radical (unpaired) electrons. The molecule has 1 fully saturated rings. The van der Waals surface area contributed by atoms with Gasteiger partial charge < -0.3 is 19.7 Å². The summed E-state index contributed by atoms with van der Waals surface area (Å²) in [4.78, 5) is 18.4. The zero-order valence-electron chi connectivity index (χ0n) is 13.3. The van der Waals surface area contributed by atoms with Gasteiger partial charge in [0.25, 0.3) is 5.91 Å². The van der Waals surface area contributed by atoms with Gasteiger partial charge in [0.2, 0.25) is 5.88 Å². The number of amides is 1. The topological polar surface area (TPSA) is 63.7 Å². The quantitative estimate of drug-likeness (QED) is 0.931. The molecule has 4 rings (SSSR count). The van der Waals surface area contributed by atoms with Crippen LogP contribution in [0.25, 0.3) is 0 Å². The highest BCUT2D eigenvalue weighted by Gasteiger charge is 2.22. The summed E-state index contributed by atoms with van der Waals surface area (Å²) < 4.78 is 11.2. The number of pyridine rings is 1. The van der Waals surface area contributed by atoms with E-state index in [9.17, 15) is 4.79 Å². The number of hydrogen-bond donors (Lipinski definition) is 1. The minimum Gasteiger partial charge on any atom is -0.472 e. The summed E-state index contributed by atoms with van der Waals surface area (Å²) in [6, 6.07) is 11.6. The van der Waals surface area contributed by atoms with E-state index >= 15 is 0 Å². The number of rotatable bonds is 4. The molecule has 0 spiro atoms. The van der Waals surface area contributed by atoms with Gasteiger partial charge in [-0.3, -0.25) is 4.79 Å². The van der Waals surface area contributed by atoms with Crippen molar-refractivity contribution >= 4 is 11.6 Å². The van der Waals surface area contributed by atoms with Gasteiger partial charge in [-0.2, -0.15) is 0 Å². The highest BCUT2D eigenvalue weighted by atomic mass is 16.5. The molecule has 0 bridgehead atoms. The van der Waals surface area contributed by atoms with Crippen LogP contribution in [0.15, 0.2) is 42.6 Å². The summed E-state index contributed by atoms with van der Waals surface area (Å²) in [6.07, 6.45) is 2.74. The molecule has 2 aliphatic rings. The number of para-hydroxylation sites is 1. The van der Waals surface area contributed by atoms with Gasteiger partial charge in [0.1, 0.15) is 6.10 Å². The minimum atomic E-state index is -0.0261. The first-order valence-electron chi connectivity index (χ1n) is 8.11. The maximum atomic E-state index is 12.0. The Labute approximate surface area is 140 Å². The maximum Gasteiger partial charge on any atom is 0.254 e. The number of fused-ring (bicyclic) bond motifs is 1. The largest absolute Gasteiger partial charge is 0.472 e. The molecular formula is C18H19N3O3. The molecule has 2 aromatic rings. The third-order valence-corrected chi connectivity index (χ3v) is 4.27. The third kappa shape index (κ3) is 3.05. The van der Waals surface area contributed by atoms with Gasteiger partial charge in [0, 0.05) is 25.2 Å². The summed E-state index contributed by atoms with van der Waals surface area (Å²) in [5.41, 5.74) is 2.74. The molecule has 1 aromatic heterocycles. The van der Waals surface area contributed by atoms with Crippen molar-refractivity contribution in [3.8, 4) is 5.88 Å². The van der Waals surface area contributed by atoms with Crippen molar-refractivity contribution in [3.63, 3.8) is 0 Å². The Morgan fingerprint density at radius 1 is 1.33 bits per heavy atom. The molecule has 1 atom stereocenters. The van der Waals surface area contributed by atoms with Gasteiger partial charge >= 0.3 is 0 Å². The van der Waals surface area contributed by atoms with Gasteiger partial charge in [-0.25, -0.2) is 4.98 Å². The highest BCUT2D eigenvalue weighted by Crippen LogP contribution is 2.25. The summed E-state index contributed by atoms with van der Waals surface area (Å²) in [6.45, 7) is 2.54. The first-order valence-corrected chi connectivity index (χ1v) is 8.11. The second kappa shape index (κ2) is 6.49. The molecule has 3 heterocycles. The predicted molar refractivity (Wildman–Crippen MR) is 89.0 cm³/mol. The van der Waals surface area contributed by atoms with Gasteiger partial charge in [0.15, 0.2) is 0 Å². The number of nitrogens with zero attached hydrogens (tertiary/aromatic N) is 2. The van der Waals surface area contributed by atoms with E-state index in [1.165, 1.54) is 0 Å². The summed E-state index contributed by atoms with van der Waals surface area (Å²) in [5, 5.41) is 2.91. The first-order chi connectivity index (χ1) is 11.8. The van der Waals surface area contributed by atoms with Crippen LogP contribution in [0.4, 0.5) is 5.69 Å². The highest BCUT2D eigenvalue weighted by molar-refractivity contribution is 6.01. The summed E-state index contributed by atoms with van der Waals surface area (Å²) in [7, 11) is 0. The number of anilines is 1. The Morgan fingerprint density at radius 2 is 2.25 bits per heavy atom. The van der Waals surface area contributed by atoms with Gasteiger partial charge in [0.05, 0.1) is 31.1 Å². The lowest BCUT2D eigenvalue weighted by molar-refractivity contribution is 0.0947. The van der Waals surface area contributed by atoms with Gasteiger partial charge in [-0.05, 0) is 23.8 Å². The average Bonchev–Trinajstić information content (AvgIpc) is 3.11. The monoisotopic (exact) mass is 325 g/mol. The number of carbonyl (C=O) groups excluding carboxylic acids is 1. The van der Waals surface area contributed by atoms with Crippen molar-refractivity contribution in [2.24, 2.45) is 0 Å². The standard InChI is InChI=1S/C18H19N3O3/c22-18-15-3-1-2-4-16(15)21(12-20-18)10-13-5-7-19-17(9-13)24-14-6-8-23-11-14/h1-5,7,9,14H,6,8,10-12H2,(H,20,22). The van der Waals surface area contributed by atoms with E-state index in [1.54, 1.807) is 6.20 Å². The molecule has 124 valence electrons. The number of benzene rings is 1. The summed E-state index contributed by atoms with van der Waals surface area (Å²) >= 11 is 0. The molecule has 1 N–H and O–H groups in total. The van der Waals surface area contributed by atoms with Crippen LogP contribution in [0, 0.1) is 0 Å². The van der Waals surface area contributed by atoms with Crippen LogP contribution >= 0.6 is 0 Å². The van der Waals surface area contributed by atoms with E-state index in [0.717, 1.165) is 24.3 Å². The Balaban J connectivity index is 1.51. The molecule has 24 heavy (non-hydrogen) atoms. The Bertz CT molecular complexity index is 744. The van der Waals surface area contributed by atoms with Crippen LogP contribution in [0.2, 0.25) is 0 Å². The number of ether oxygens (including phenoxy) is 2. The normalized spacial score (nSPS) is 19.8. The number of hydrogen-bond acceptors (Lipinski definition) is 5. The van der Waals surface area contributed by atoms with Crippen LogP contribution in [0.3, 0.4) is 0 Å². The zero-order chi connectivity index (χ0) is 16.4. The van der Waals surface area contributed by atoms with E-state index in [0.29, 0.717) is 31.3 Å². The fourth-order valence-corrected chi connectivity index (χ4v) is 3.04. The molecule has 2 aliphatic heterocycles. The lowest BCUT2D eigenvalue weighted by Gasteiger charge is -2.31. The third-order valence-electron chi connectivity index (χ3n) is 4.27. The zero-order valence-corrected chi connectivity index (χ0v) is 13.3. The fraction of sp³-hybridized carbons (Fsp3) is 0.333. The molecule has 6 nitrogen and oxygen atoms in total. The molecule has 0 saturated carbocycles. The summed E-state index contributed by atoms with van der Waals surface area (Å²) in [5.74, 6) is 0.596. The Hall–Kier alpha value is -2.60. The van der Waals surface area contributed by atoms with Gasteiger partial charge in [-0.1, -0.05) is 12.1 Å². The fourth-order valence-electron chi connectivity index (χ4n) is 3.04. The van der Waals surface area contributed by atoms with Crippen molar-refractivity contribution in [2.75, 3.05) is 24.8 Å². The lowest BCUT2D eigenvalue weighted by atomic mass is 10.1. The van der Waals surface area contributed by atoms with Crippen molar-refractivity contribution < 1.29 is 14.3 Å². The van der Waals surface area contributed by atoms with Crippen molar-refractivity contribution in [2.45, 2.75) is 19.1 Å². The molecule has 6 heteroatoms. The smallest absolute Gasteiger partial charge is 0.254 e. The number of nitrogens with one attached hydrogen (secondary N) is 1. The predicted octanol–water partition coefficient (Wildman–Crippen LogP) is 1.96. The molecule has 1 unspecified atom stereocenters. The molecule has 1 aromatic carbocycles. The van der Waals surface area contributed by atoms with Gasteiger partial charge in [-0.15, -0.1) is 0 Å². The Kier molecular flexibility index (Phi) is 4.04. The molecule has 1 amide bonds. The van der Waals surface area contributed by atoms with E-state index in [2.05, 4.69) is 15.2 Å². The molecule has 1 saturated heterocycles. The van der Waals surface area contributed by atoms with Crippen molar-refractivity contribution in [1.29, 1.82) is 0 Å². The van der Waals surface area contributed by atoms with E-state index in [-0.39, 0.29) is 12.0 Å². The SMILES string of the molecule is O=C1NCN(Cc2ccnc(OC3CCOC3)c2)c2ccccc21. The Morgan fingerprint density at radius 3 is 3.12 bits per heavy atom. The maximum absolute atomic E-state index is 12.0. The average molecular weight is 325 g/mol. The second-order valence-electron chi connectivity index (χ2n) is 5.98. The minimum absolute atomic E-state index is 0.0261. The van der Waals surface area contributed by atoms with Crippen molar-refractivity contribution in [1.82, 2.24) is 10.3 Å². The van der Waals surface area contributed by atoms with E-state index in [1.807, 2.05) is 36.4 Å². The first kappa shape index (κ1) is 15.0. The van der Waals surface area contributed by atoms with Crippen LogP contribution in [-0.2, 0) is 11.3 Å². The van der Waals surface area contributed by atoms with E-state index in [4.69, 9.17) is 9.47 Å². The van der Waals surface area contributed by atoms with E-state index < -0.39 is 0 Å². The van der Waals surface area contributed by atoms with Crippen LogP contribution in [0.1, 0.15) is 22.3 Å². The van der Waals surface area contributed by atoms with Crippen LogP contribution < -0.4 is 15.0 Å². The lowest BCUT2D eigenvalue weighted by Crippen LogP contribution is -2.42. The number of aromatic nitrogens is 1. The van der Waals surface area contributed by atoms with Crippen LogP contribution in [-0.4, -0.2) is 36.9 Å².